The molecule has 25 heavy (non-hydrogen) atoms. The van der Waals surface area contributed by atoms with Gasteiger partial charge in [-0.25, -0.2) is 14.8 Å². The van der Waals surface area contributed by atoms with E-state index in [4.69, 9.17) is 4.74 Å². The van der Waals surface area contributed by atoms with Gasteiger partial charge < -0.3 is 15.0 Å². The van der Waals surface area contributed by atoms with Crippen LogP contribution in [0.1, 0.15) is 17.4 Å². The monoisotopic (exact) mass is 336 g/mol. The maximum Gasteiger partial charge on any atom is 0.360 e. The third-order valence-electron chi connectivity index (χ3n) is 3.69. The minimum Gasteiger partial charge on any atom is -0.461 e. The maximum absolute atomic E-state index is 12.3. The van der Waals surface area contributed by atoms with Crippen LogP contribution in [0.15, 0.2) is 48.5 Å². The van der Waals surface area contributed by atoms with Crippen LogP contribution in [0.3, 0.4) is 0 Å². The number of hydrogen-bond donors (Lipinski definition) is 1. The molecule has 3 aromatic rings. The van der Waals surface area contributed by atoms with Gasteiger partial charge in [0.2, 0.25) is 0 Å². The zero-order valence-corrected chi connectivity index (χ0v) is 14.5. The molecular weight excluding hydrogens is 316 g/mol. The molecule has 0 radical (unpaired) electrons. The average Bonchev–Trinajstić information content (AvgIpc) is 2.61. The predicted molar refractivity (Wildman–Crippen MR) is 99.5 cm³/mol. The number of aromatic nitrogens is 2. The molecule has 3 rings (SSSR count). The molecule has 0 saturated heterocycles. The largest absolute Gasteiger partial charge is 0.461 e. The molecule has 0 atom stereocenters. The Labute approximate surface area is 146 Å². The van der Waals surface area contributed by atoms with Gasteiger partial charge in [-0.3, -0.25) is 0 Å². The summed E-state index contributed by atoms with van der Waals surface area (Å²) >= 11 is 0. The number of esters is 1. The highest BCUT2D eigenvalue weighted by atomic mass is 16.5. The smallest absolute Gasteiger partial charge is 0.360 e. The molecule has 1 aromatic heterocycles. The van der Waals surface area contributed by atoms with Crippen LogP contribution in [0.2, 0.25) is 0 Å². The molecule has 128 valence electrons. The van der Waals surface area contributed by atoms with E-state index in [9.17, 15) is 4.79 Å². The van der Waals surface area contributed by atoms with E-state index in [2.05, 4.69) is 15.3 Å². The topological polar surface area (TPSA) is 67.3 Å². The van der Waals surface area contributed by atoms with Crippen molar-refractivity contribution in [1.29, 1.82) is 0 Å². The first-order chi connectivity index (χ1) is 12.1. The summed E-state index contributed by atoms with van der Waals surface area (Å²) in [6, 6.07) is 15.3. The quantitative estimate of drug-likeness (QED) is 0.718. The molecule has 0 unspecified atom stereocenters. The van der Waals surface area contributed by atoms with Crippen molar-refractivity contribution in [3.05, 3.63) is 54.2 Å². The minimum absolute atomic E-state index is 0.178. The van der Waals surface area contributed by atoms with Gasteiger partial charge in [0.15, 0.2) is 11.5 Å². The number of benzene rings is 2. The molecule has 6 nitrogen and oxygen atoms in total. The number of hydrogen-bond acceptors (Lipinski definition) is 6. The van der Waals surface area contributed by atoms with Gasteiger partial charge in [0.25, 0.3) is 0 Å². The first-order valence-corrected chi connectivity index (χ1v) is 8.07. The van der Waals surface area contributed by atoms with E-state index in [-0.39, 0.29) is 12.3 Å². The number of ether oxygens (including phenoxy) is 1. The van der Waals surface area contributed by atoms with Crippen LogP contribution in [0.4, 0.5) is 17.2 Å². The second-order valence-corrected chi connectivity index (χ2v) is 5.70. The van der Waals surface area contributed by atoms with Crippen molar-refractivity contribution in [2.45, 2.75) is 6.92 Å². The first kappa shape index (κ1) is 16.7. The fourth-order valence-corrected chi connectivity index (χ4v) is 2.41. The van der Waals surface area contributed by atoms with Crippen LogP contribution in [0, 0.1) is 0 Å². The minimum atomic E-state index is -0.492. The summed E-state index contributed by atoms with van der Waals surface area (Å²) in [7, 11) is 3.96. The van der Waals surface area contributed by atoms with E-state index in [0.717, 1.165) is 11.4 Å². The molecule has 6 heteroatoms. The molecule has 0 saturated carbocycles. The zero-order valence-electron chi connectivity index (χ0n) is 14.5. The summed E-state index contributed by atoms with van der Waals surface area (Å²) in [5, 5.41) is 3.18. The molecule has 0 aliphatic heterocycles. The standard InChI is InChI=1S/C19H20N4O2/c1-4-25-19(24)17-18(22-16-8-6-5-7-15(16)21-17)20-13-9-11-14(12-10-13)23(2)3/h5-12H,4H2,1-3H3,(H,20,22). The lowest BCUT2D eigenvalue weighted by atomic mass is 10.2. The van der Waals surface area contributed by atoms with Gasteiger partial charge in [-0.15, -0.1) is 0 Å². The summed E-state index contributed by atoms with van der Waals surface area (Å²) in [6.45, 7) is 2.05. The number of para-hydroxylation sites is 2. The summed E-state index contributed by atoms with van der Waals surface area (Å²) in [5.74, 6) is -0.108. The van der Waals surface area contributed by atoms with E-state index in [1.807, 2.05) is 67.5 Å². The summed E-state index contributed by atoms with van der Waals surface area (Å²) in [4.78, 5) is 23.3. The maximum atomic E-state index is 12.3. The van der Waals surface area contributed by atoms with Gasteiger partial charge in [0.05, 0.1) is 17.6 Å². The predicted octanol–water partition coefficient (Wildman–Crippen LogP) is 3.62. The van der Waals surface area contributed by atoms with Crippen molar-refractivity contribution in [3.63, 3.8) is 0 Å². The Bertz CT molecular complexity index is 892. The molecule has 0 aliphatic rings. The van der Waals surface area contributed by atoms with E-state index in [1.165, 1.54) is 0 Å². The third kappa shape index (κ3) is 3.68. The van der Waals surface area contributed by atoms with E-state index < -0.39 is 5.97 Å². The Morgan fingerprint density at radius 1 is 1.04 bits per heavy atom. The number of nitrogens with one attached hydrogen (secondary N) is 1. The Morgan fingerprint density at radius 3 is 2.28 bits per heavy atom. The number of carbonyl (C=O) groups is 1. The van der Waals surface area contributed by atoms with Crippen molar-refractivity contribution in [2.75, 3.05) is 30.9 Å². The highest BCUT2D eigenvalue weighted by molar-refractivity contribution is 5.96. The normalized spacial score (nSPS) is 10.5. The molecule has 0 fully saturated rings. The van der Waals surface area contributed by atoms with E-state index in [0.29, 0.717) is 16.9 Å². The highest BCUT2D eigenvalue weighted by Gasteiger charge is 2.18. The summed E-state index contributed by atoms with van der Waals surface area (Å²) < 4.78 is 5.12. The average molecular weight is 336 g/mol. The van der Waals surface area contributed by atoms with Crippen molar-refractivity contribution in [2.24, 2.45) is 0 Å². The Morgan fingerprint density at radius 2 is 1.68 bits per heavy atom. The molecular formula is C19H20N4O2. The molecule has 1 N–H and O–H groups in total. The van der Waals surface area contributed by atoms with Crippen molar-refractivity contribution in [3.8, 4) is 0 Å². The lowest BCUT2D eigenvalue weighted by Gasteiger charge is -2.14. The third-order valence-corrected chi connectivity index (χ3v) is 3.69. The van der Waals surface area contributed by atoms with Crippen molar-refractivity contribution in [1.82, 2.24) is 9.97 Å². The SMILES string of the molecule is CCOC(=O)c1nc2ccccc2nc1Nc1ccc(N(C)C)cc1. The lowest BCUT2D eigenvalue weighted by Crippen LogP contribution is -2.12. The van der Waals surface area contributed by atoms with Crippen LogP contribution in [-0.2, 0) is 4.74 Å². The van der Waals surface area contributed by atoms with Crippen LogP contribution in [0.25, 0.3) is 11.0 Å². The zero-order chi connectivity index (χ0) is 17.8. The van der Waals surface area contributed by atoms with Crippen LogP contribution >= 0.6 is 0 Å². The molecule has 0 aliphatic carbocycles. The van der Waals surface area contributed by atoms with Gasteiger partial charge in [-0.2, -0.15) is 0 Å². The molecule has 0 spiro atoms. The van der Waals surface area contributed by atoms with Gasteiger partial charge in [-0.1, -0.05) is 12.1 Å². The summed E-state index contributed by atoms with van der Waals surface area (Å²) in [6.07, 6.45) is 0. The highest BCUT2D eigenvalue weighted by Crippen LogP contribution is 2.23. The van der Waals surface area contributed by atoms with Crippen LogP contribution in [0.5, 0.6) is 0 Å². The fraction of sp³-hybridized carbons (Fsp3) is 0.211. The second-order valence-electron chi connectivity index (χ2n) is 5.70. The molecule has 2 aromatic carbocycles. The number of nitrogens with zero attached hydrogens (tertiary/aromatic N) is 3. The Balaban J connectivity index is 2.00. The molecule has 0 amide bonds. The second kappa shape index (κ2) is 7.17. The first-order valence-electron chi connectivity index (χ1n) is 8.07. The van der Waals surface area contributed by atoms with Gasteiger partial charge in [0.1, 0.15) is 0 Å². The number of carbonyl (C=O) groups excluding carboxylic acids is 1. The number of anilines is 3. The van der Waals surface area contributed by atoms with Gasteiger partial charge in [-0.05, 0) is 43.3 Å². The Kier molecular flexibility index (Phi) is 4.79. The summed E-state index contributed by atoms with van der Waals surface area (Å²) in [5.41, 5.74) is 3.45. The van der Waals surface area contributed by atoms with E-state index in [1.54, 1.807) is 6.92 Å². The Hall–Kier alpha value is -3.15. The molecule has 0 bridgehead atoms. The van der Waals surface area contributed by atoms with Crippen LogP contribution in [-0.4, -0.2) is 36.6 Å². The van der Waals surface area contributed by atoms with Crippen molar-refractivity contribution >= 4 is 34.2 Å². The van der Waals surface area contributed by atoms with Gasteiger partial charge >= 0.3 is 5.97 Å². The van der Waals surface area contributed by atoms with E-state index >= 15 is 0 Å². The van der Waals surface area contributed by atoms with Crippen molar-refractivity contribution < 1.29 is 9.53 Å². The molecule has 1 heterocycles. The van der Waals surface area contributed by atoms with Gasteiger partial charge in [0, 0.05) is 25.5 Å². The van der Waals surface area contributed by atoms with Crippen LogP contribution < -0.4 is 10.2 Å². The number of fused-ring (bicyclic) bond motifs is 1. The number of rotatable bonds is 5. The lowest BCUT2D eigenvalue weighted by molar-refractivity contribution is 0.0521. The fourth-order valence-electron chi connectivity index (χ4n) is 2.41.